The molecular weight excluding hydrogens is 779 g/mol. The fourth-order valence-electron chi connectivity index (χ4n) is 10.1. The first kappa shape index (κ1) is 37.3. The van der Waals surface area contributed by atoms with Gasteiger partial charge in [0.25, 0.3) is 0 Å². The standard InChI is InChI=1S/C61H43NS/c1-61(2)55-25-13-11-22-51(55)52-32-30-45(38-56(52)61)60-50(44-29-33-54-53-23-12-14-27-58(53)63-59(54)39-44)24-15-26-57(60)62(48-31-28-42-20-9-10-21-43(42)35-48)49-36-46(40-16-5-3-6-17-40)34-47(37-49)41-18-7-4-8-19-41/h3-39H,1-2H3. The summed E-state index contributed by atoms with van der Waals surface area (Å²) in [5, 5.41) is 5.04. The minimum absolute atomic E-state index is 0.153. The van der Waals surface area contributed by atoms with Gasteiger partial charge in [-0.1, -0.05) is 184 Å². The maximum atomic E-state index is 2.51. The summed E-state index contributed by atoms with van der Waals surface area (Å²) in [6.07, 6.45) is 0. The minimum atomic E-state index is -0.153. The molecule has 0 unspecified atom stereocenters. The molecule has 1 aliphatic carbocycles. The Kier molecular flexibility index (Phi) is 8.77. The lowest BCUT2D eigenvalue weighted by molar-refractivity contribution is 0.660. The molecule has 0 fully saturated rings. The van der Waals surface area contributed by atoms with Crippen molar-refractivity contribution in [3.63, 3.8) is 0 Å². The number of benzene rings is 10. The van der Waals surface area contributed by atoms with Gasteiger partial charge in [-0.05, 0) is 127 Å². The minimum Gasteiger partial charge on any atom is -0.310 e. The van der Waals surface area contributed by atoms with E-state index in [1.54, 1.807) is 0 Å². The molecule has 1 aliphatic rings. The molecule has 2 heteroatoms. The van der Waals surface area contributed by atoms with Crippen molar-refractivity contribution in [3.05, 3.63) is 236 Å². The summed E-state index contributed by atoms with van der Waals surface area (Å²) in [6, 6.07) is 83.2. The second kappa shape index (κ2) is 14.8. The summed E-state index contributed by atoms with van der Waals surface area (Å²) in [6.45, 7) is 4.76. The average molecular weight is 822 g/mol. The predicted octanol–water partition coefficient (Wildman–Crippen LogP) is 17.7. The number of rotatable bonds is 7. The van der Waals surface area contributed by atoms with Crippen molar-refractivity contribution < 1.29 is 0 Å². The molecule has 0 saturated heterocycles. The highest BCUT2D eigenvalue weighted by Crippen LogP contribution is 2.53. The van der Waals surface area contributed by atoms with E-state index in [-0.39, 0.29) is 5.41 Å². The largest absolute Gasteiger partial charge is 0.310 e. The highest BCUT2D eigenvalue weighted by atomic mass is 32.1. The first-order chi connectivity index (χ1) is 31.0. The van der Waals surface area contributed by atoms with Crippen molar-refractivity contribution in [1.29, 1.82) is 0 Å². The molecule has 63 heavy (non-hydrogen) atoms. The molecule has 0 N–H and O–H groups in total. The molecule has 0 saturated carbocycles. The van der Waals surface area contributed by atoms with Gasteiger partial charge in [0.05, 0.1) is 5.69 Å². The molecule has 10 aromatic carbocycles. The van der Waals surface area contributed by atoms with E-state index in [1.165, 1.54) is 97.7 Å². The summed E-state index contributed by atoms with van der Waals surface area (Å²) in [5.41, 5.74) is 18.1. The van der Waals surface area contributed by atoms with Crippen LogP contribution in [-0.2, 0) is 5.41 Å². The third-order valence-corrected chi connectivity index (χ3v) is 14.4. The highest BCUT2D eigenvalue weighted by molar-refractivity contribution is 7.25. The van der Waals surface area contributed by atoms with Crippen LogP contribution in [0.2, 0.25) is 0 Å². The Labute approximate surface area is 372 Å². The normalized spacial score (nSPS) is 12.7. The maximum Gasteiger partial charge on any atom is 0.0546 e. The zero-order valence-electron chi connectivity index (χ0n) is 35.2. The van der Waals surface area contributed by atoms with E-state index in [1.807, 2.05) is 11.3 Å². The number of fused-ring (bicyclic) bond motifs is 7. The fraction of sp³-hybridized carbons (Fsp3) is 0.0492. The summed E-state index contributed by atoms with van der Waals surface area (Å²) in [5.74, 6) is 0. The van der Waals surface area contributed by atoms with Crippen molar-refractivity contribution in [2.45, 2.75) is 19.3 Å². The van der Waals surface area contributed by atoms with Gasteiger partial charge in [-0.25, -0.2) is 0 Å². The van der Waals surface area contributed by atoms with Gasteiger partial charge in [-0.3, -0.25) is 0 Å². The zero-order chi connectivity index (χ0) is 42.1. The third kappa shape index (κ3) is 6.29. The van der Waals surface area contributed by atoms with Crippen LogP contribution in [0.15, 0.2) is 224 Å². The monoisotopic (exact) mass is 821 g/mol. The molecule has 0 radical (unpaired) electrons. The molecule has 0 atom stereocenters. The van der Waals surface area contributed by atoms with Crippen molar-refractivity contribution in [3.8, 4) is 55.6 Å². The molecule has 1 nitrogen and oxygen atoms in total. The third-order valence-electron chi connectivity index (χ3n) is 13.2. The Morgan fingerprint density at radius 2 is 0.984 bits per heavy atom. The van der Waals surface area contributed by atoms with Crippen molar-refractivity contribution in [2.75, 3.05) is 4.90 Å². The quantitative estimate of drug-likeness (QED) is 0.155. The van der Waals surface area contributed by atoms with E-state index in [4.69, 9.17) is 0 Å². The lowest BCUT2D eigenvalue weighted by atomic mass is 9.81. The number of thiophene rings is 1. The second-order valence-corrected chi connectivity index (χ2v) is 18.4. The summed E-state index contributed by atoms with van der Waals surface area (Å²) in [7, 11) is 0. The van der Waals surface area contributed by atoms with Crippen LogP contribution >= 0.6 is 11.3 Å². The van der Waals surface area contributed by atoms with Crippen LogP contribution in [0.3, 0.4) is 0 Å². The van der Waals surface area contributed by atoms with Gasteiger partial charge >= 0.3 is 0 Å². The Hall–Kier alpha value is -7.52. The molecule has 1 heterocycles. The van der Waals surface area contributed by atoms with Crippen LogP contribution in [0.4, 0.5) is 17.1 Å². The van der Waals surface area contributed by atoms with Crippen LogP contribution in [0.5, 0.6) is 0 Å². The topological polar surface area (TPSA) is 3.24 Å². The van der Waals surface area contributed by atoms with Crippen molar-refractivity contribution in [1.82, 2.24) is 0 Å². The number of anilines is 3. The number of hydrogen-bond acceptors (Lipinski definition) is 2. The summed E-state index contributed by atoms with van der Waals surface area (Å²) in [4.78, 5) is 2.51. The van der Waals surface area contributed by atoms with E-state index in [0.29, 0.717) is 0 Å². The van der Waals surface area contributed by atoms with Gasteiger partial charge in [0.2, 0.25) is 0 Å². The molecule has 0 bridgehead atoms. The second-order valence-electron chi connectivity index (χ2n) is 17.3. The van der Waals surface area contributed by atoms with E-state index >= 15 is 0 Å². The predicted molar refractivity (Wildman–Crippen MR) is 271 cm³/mol. The summed E-state index contributed by atoms with van der Waals surface area (Å²) >= 11 is 1.88. The van der Waals surface area contributed by atoms with Gasteiger partial charge in [0, 0.05) is 42.5 Å². The molecule has 0 aliphatic heterocycles. The Bertz CT molecular complexity index is 3480. The lowest BCUT2D eigenvalue weighted by Crippen LogP contribution is -2.15. The fourth-order valence-corrected chi connectivity index (χ4v) is 11.2. The highest BCUT2D eigenvalue weighted by Gasteiger charge is 2.36. The van der Waals surface area contributed by atoms with Crippen molar-refractivity contribution >= 4 is 59.3 Å². The lowest BCUT2D eigenvalue weighted by Gasteiger charge is -2.31. The van der Waals surface area contributed by atoms with Crippen LogP contribution < -0.4 is 4.90 Å². The Morgan fingerprint density at radius 1 is 0.349 bits per heavy atom. The van der Waals surface area contributed by atoms with E-state index < -0.39 is 0 Å². The average Bonchev–Trinajstić information content (AvgIpc) is 3.83. The van der Waals surface area contributed by atoms with E-state index in [0.717, 1.165) is 17.1 Å². The van der Waals surface area contributed by atoms with Gasteiger partial charge in [0.1, 0.15) is 0 Å². The number of hydrogen-bond donors (Lipinski definition) is 0. The van der Waals surface area contributed by atoms with Gasteiger partial charge in [-0.2, -0.15) is 0 Å². The molecule has 11 aromatic rings. The molecule has 298 valence electrons. The Morgan fingerprint density at radius 3 is 1.78 bits per heavy atom. The van der Waals surface area contributed by atoms with Crippen LogP contribution in [-0.4, -0.2) is 0 Å². The first-order valence-corrected chi connectivity index (χ1v) is 22.6. The number of nitrogens with zero attached hydrogens (tertiary/aromatic N) is 1. The van der Waals surface area contributed by atoms with Gasteiger partial charge < -0.3 is 4.90 Å². The van der Waals surface area contributed by atoms with Crippen LogP contribution in [0.1, 0.15) is 25.0 Å². The summed E-state index contributed by atoms with van der Waals surface area (Å²) < 4.78 is 2.61. The zero-order valence-corrected chi connectivity index (χ0v) is 36.0. The molecule has 0 spiro atoms. The maximum absolute atomic E-state index is 2.51. The van der Waals surface area contributed by atoms with Gasteiger partial charge in [0.15, 0.2) is 0 Å². The van der Waals surface area contributed by atoms with Gasteiger partial charge in [-0.15, -0.1) is 11.3 Å². The van der Waals surface area contributed by atoms with Crippen LogP contribution in [0.25, 0.3) is 86.6 Å². The molecule has 0 amide bonds. The van der Waals surface area contributed by atoms with Crippen LogP contribution in [0, 0.1) is 0 Å². The Balaban J connectivity index is 1.16. The SMILES string of the molecule is CC1(C)c2ccccc2-c2ccc(-c3c(-c4ccc5c(c4)sc4ccccc45)cccc3N(c3cc(-c4ccccc4)cc(-c4ccccc4)c3)c3ccc4ccccc4c3)cc21. The molecule has 1 aromatic heterocycles. The van der Waals surface area contributed by atoms with E-state index in [2.05, 4.69) is 243 Å². The van der Waals surface area contributed by atoms with E-state index in [9.17, 15) is 0 Å². The first-order valence-electron chi connectivity index (χ1n) is 21.8. The smallest absolute Gasteiger partial charge is 0.0546 e. The molecule has 12 rings (SSSR count). The van der Waals surface area contributed by atoms with Crippen molar-refractivity contribution in [2.24, 2.45) is 0 Å². The molecular formula is C61H43NS.